The minimum absolute atomic E-state index is 0.0366. The number of imidazole rings is 1. The molecule has 0 saturated heterocycles. The Balaban J connectivity index is 1.67. The van der Waals surface area contributed by atoms with Crippen LogP contribution in [0.25, 0.3) is 22.6 Å². The molecule has 8 nitrogen and oxygen atoms in total. The molecule has 1 aliphatic carbocycles. The van der Waals surface area contributed by atoms with Crippen molar-refractivity contribution in [1.29, 1.82) is 0 Å². The fourth-order valence-corrected chi connectivity index (χ4v) is 4.40. The molecule has 0 atom stereocenters. The summed E-state index contributed by atoms with van der Waals surface area (Å²) in [6, 6.07) is 11.0. The average molecular weight is 529 g/mol. The first kappa shape index (κ1) is 24.6. The van der Waals surface area contributed by atoms with Gasteiger partial charge in [0, 0.05) is 29.2 Å². The molecule has 1 N–H and O–H groups in total. The van der Waals surface area contributed by atoms with Gasteiger partial charge in [0.05, 0.1) is 25.3 Å². The summed E-state index contributed by atoms with van der Waals surface area (Å²) in [7, 11) is 1.62. The molecule has 5 rings (SSSR count). The van der Waals surface area contributed by atoms with Crippen LogP contribution in [-0.2, 0) is 6.54 Å². The second kappa shape index (κ2) is 10.1. The maximum absolute atomic E-state index is 9.11. The lowest BCUT2D eigenvalue weighted by Gasteiger charge is -2.15. The standard InChI is InChI=1S/C26H26Cl2N4O4/c1-26(9-10-26)36-25-22-24(29-15-30-25)32(14-16-13-17(27)7-8-19(16)34-2)23(31-22)18-5-3-6-20(21(18)28)35-12-4-11-33/h3,5-8,13,15,33H,4,9-12,14H2,1-2H3. The molecule has 0 spiro atoms. The maximum Gasteiger partial charge on any atom is 0.245 e. The number of methoxy groups -OCH3 is 1. The molecule has 1 saturated carbocycles. The van der Waals surface area contributed by atoms with Gasteiger partial charge in [0.15, 0.2) is 11.2 Å². The summed E-state index contributed by atoms with van der Waals surface area (Å²) in [4.78, 5) is 13.9. The van der Waals surface area contributed by atoms with Gasteiger partial charge in [0.1, 0.15) is 29.3 Å². The summed E-state index contributed by atoms with van der Waals surface area (Å²) in [5.74, 6) is 2.21. The van der Waals surface area contributed by atoms with Crippen LogP contribution in [0, 0.1) is 0 Å². The summed E-state index contributed by atoms with van der Waals surface area (Å²) >= 11 is 13.1. The largest absolute Gasteiger partial charge is 0.496 e. The van der Waals surface area contributed by atoms with Crippen LogP contribution in [0.5, 0.6) is 17.4 Å². The molecule has 0 unspecified atom stereocenters. The summed E-state index contributed by atoms with van der Waals surface area (Å²) in [5.41, 5.74) is 2.43. The Morgan fingerprint density at radius 1 is 1.11 bits per heavy atom. The van der Waals surface area contributed by atoms with Crippen LogP contribution < -0.4 is 14.2 Å². The highest BCUT2D eigenvalue weighted by Crippen LogP contribution is 2.42. The van der Waals surface area contributed by atoms with Gasteiger partial charge in [-0.15, -0.1) is 0 Å². The number of fused-ring (bicyclic) bond motifs is 1. The highest BCUT2D eigenvalue weighted by molar-refractivity contribution is 6.34. The zero-order chi connectivity index (χ0) is 25.3. The molecule has 0 bridgehead atoms. The van der Waals surface area contributed by atoms with Crippen molar-refractivity contribution < 1.29 is 19.3 Å². The minimum Gasteiger partial charge on any atom is -0.496 e. The van der Waals surface area contributed by atoms with E-state index in [0.717, 1.165) is 18.4 Å². The van der Waals surface area contributed by atoms with Gasteiger partial charge in [-0.1, -0.05) is 29.3 Å². The number of nitrogens with zero attached hydrogens (tertiary/aromatic N) is 4. The van der Waals surface area contributed by atoms with Crippen LogP contribution in [0.1, 0.15) is 31.7 Å². The number of hydrogen-bond donors (Lipinski definition) is 1. The molecule has 1 aliphatic rings. The normalized spacial score (nSPS) is 14.1. The van der Waals surface area contributed by atoms with Crippen molar-refractivity contribution in [3.8, 4) is 28.8 Å². The van der Waals surface area contributed by atoms with E-state index in [9.17, 15) is 0 Å². The minimum atomic E-state index is -0.237. The number of aliphatic hydroxyl groups is 1. The van der Waals surface area contributed by atoms with E-state index < -0.39 is 0 Å². The summed E-state index contributed by atoms with van der Waals surface area (Å²) in [6.07, 6.45) is 3.91. The Morgan fingerprint density at radius 2 is 1.94 bits per heavy atom. The second-order valence-corrected chi connectivity index (χ2v) is 9.74. The van der Waals surface area contributed by atoms with Crippen LogP contribution in [0.15, 0.2) is 42.7 Å². The Bertz CT molecular complexity index is 1400. The van der Waals surface area contributed by atoms with Crippen molar-refractivity contribution in [1.82, 2.24) is 19.5 Å². The maximum atomic E-state index is 9.11. The van der Waals surface area contributed by atoms with Crippen molar-refractivity contribution in [2.24, 2.45) is 0 Å². The highest BCUT2D eigenvalue weighted by Gasteiger charge is 2.41. The third-order valence-electron chi connectivity index (χ3n) is 6.13. The highest BCUT2D eigenvalue weighted by atomic mass is 35.5. The number of ether oxygens (including phenoxy) is 3. The third kappa shape index (κ3) is 4.93. The van der Waals surface area contributed by atoms with E-state index in [-0.39, 0.29) is 12.2 Å². The van der Waals surface area contributed by atoms with Crippen LogP contribution in [0.2, 0.25) is 10.0 Å². The Kier molecular flexibility index (Phi) is 6.92. The second-order valence-electron chi connectivity index (χ2n) is 8.92. The monoisotopic (exact) mass is 528 g/mol. The van der Waals surface area contributed by atoms with Gasteiger partial charge in [-0.3, -0.25) is 0 Å². The average Bonchev–Trinajstić information content (AvgIpc) is 3.48. The summed E-state index contributed by atoms with van der Waals surface area (Å²) in [5, 5.41) is 10.1. The molecule has 188 valence electrons. The van der Waals surface area contributed by atoms with Gasteiger partial charge in [0.2, 0.25) is 5.88 Å². The Labute approximate surface area is 218 Å². The van der Waals surface area contributed by atoms with Crippen molar-refractivity contribution >= 4 is 34.4 Å². The van der Waals surface area contributed by atoms with E-state index >= 15 is 0 Å². The smallest absolute Gasteiger partial charge is 0.245 e. The number of hydrogen-bond acceptors (Lipinski definition) is 7. The summed E-state index contributed by atoms with van der Waals surface area (Å²) < 4.78 is 19.5. The Hall–Kier alpha value is -3.07. The Morgan fingerprint density at radius 3 is 2.69 bits per heavy atom. The van der Waals surface area contributed by atoms with Crippen LogP contribution in [0.4, 0.5) is 0 Å². The SMILES string of the molecule is COc1ccc(Cl)cc1Cn1c(-c2cccc(OCCCO)c2Cl)nc2c(OC3(C)CC3)ncnc21. The van der Waals surface area contributed by atoms with Gasteiger partial charge in [-0.25, -0.2) is 9.97 Å². The molecule has 2 heterocycles. The fraction of sp³-hybridized carbons (Fsp3) is 0.346. The molecule has 2 aromatic carbocycles. The fourth-order valence-electron chi connectivity index (χ4n) is 3.94. The van der Waals surface area contributed by atoms with Crippen molar-refractivity contribution in [3.63, 3.8) is 0 Å². The van der Waals surface area contributed by atoms with Crippen LogP contribution in [0.3, 0.4) is 0 Å². The number of benzene rings is 2. The molecular weight excluding hydrogens is 503 g/mol. The van der Waals surface area contributed by atoms with Crippen molar-refractivity contribution in [3.05, 3.63) is 58.3 Å². The number of rotatable bonds is 10. The third-order valence-corrected chi connectivity index (χ3v) is 6.76. The molecular formula is C26H26Cl2N4O4. The van der Waals surface area contributed by atoms with Gasteiger partial charge >= 0.3 is 0 Å². The van der Waals surface area contributed by atoms with Crippen LogP contribution in [-0.4, -0.2) is 50.6 Å². The first-order chi connectivity index (χ1) is 17.4. The lowest BCUT2D eigenvalue weighted by atomic mass is 10.1. The molecule has 10 heteroatoms. The van der Waals surface area contributed by atoms with Crippen LogP contribution >= 0.6 is 23.2 Å². The molecule has 36 heavy (non-hydrogen) atoms. The predicted octanol–water partition coefficient (Wildman–Crippen LogP) is 5.55. The topological polar surface area (TPSA) is 91.5 Å². The predicted molar refractivity (Wildman–Crippen MR) is 138 cm³/mol. The van der Waals surface area contributed by atoms with E-state index in [4.69, 9.17) is 47.5 Å². The van der Waals surface area contributed by atoms with Crippen molar-refractivity contribution in [2.75, 3.05) is 20.3 Å². The quantitative estimate of drug-likeness (QED) is 0.270. The molecule has 0 amide bonds. The number of aromatic nitrogens is 4. The first-order valence-corrected chi connectivity index (χ1v) is 12.4. The lowest BCUT2D eigenvalue weighted by Crippen LogP contribution is -2.13. The van der Waals surface area contributed by atoms with E-state index in [2.05, 4.69) is 16.9 Å². The first-order valence-electron chi connectivity index (χ1n) is 11.7. The van der Waals surface area contributed by atoms with Gasteiger partial charge in [-0.2, -0.15) is 4.98 Å². The zero-order valence-electron chi connectivity index (χ0n) is 20.0. The molecule has 4 aromatic rings. The van der Waals surface area contributed by atoms with Gasteiger partial charge in [-0.05, 0) is 50.1 Å². The number of halogens is 2. The molecule has 2 aromatic heterocycles. The molecule has 0 aliphatic heterocycles. The molecule has 1 fully saturated rings. The van der Waals surface area contributed by atoms with Crippen molar-refractivity contribution in [2.45, 2.75) is 38.3 Å². The van der Waals surface area contributed by atoms with E-state index in [1.54, 1.807) is 19.2 Å². The molecule has 0 radical (unpaired) electrons. The number of aliphatic hydroxyl groups excluding tert-OH is 1. The van der Waals surface area contributed by atoms with Gasteiger partial charge < -0.3 is 23.9 Å². The van der Waals surface area contributed by atoms with E-state index in [1.165, 1.54) is 6.33 Å². The summed E-state index contributed by atoms with van der Waals surface area (Å²) in [6.45, 7) is 2.81. The zero-order valence-corrected chi connectivity index (χ0v) is 21.5. The van der Waals surface area contributed by atoms with Gasteiger partial charge in [0.25, 0.3) is 0 Å². The van der Waals surface area contributed by atoms with E-state index in [1.807, 2.05) is 28.8 Å². The lowest BCUT2D eigenvalue weighted by molar-refractivity contribution is 0.194. The van der Waals surface area contributed by atoms with E-state index in [0.29, 0.717) is 69.5 Å².